The van der Waals surface area contributed by atoms with Crippen molar-refractivity contribution in [2.24, 2.45) is 0 Å². The maximum Gasteiger partial charge on any atom is 0.439 e. The van der Waals surface area contributed by atoms with Crippen molar-refractivity contribution in [1.29, 1.82) is 0 Å². The van der Waals surface area contributed by atoms with E-state index >= 15 is 0 Å². The molecular formula is C10H7ClF6O5S3. The SMILES string of the molecule is CSc1ccc(S(=O)(=O)C(F)(F)C(F)(F)C(F)(F)S(=O)(=O)O)c(Cl)c1. The fraction of sp³-hybridized carbons (Fsp3) is 0.400. The first-order chi connectivity index (χ1) is 10.9. The Balaban J connectivity index is 3.66. The Labute approximate surface area is 147 Å². The van der Waals surface area contributed by atoms with Crippen molar-refractivity contribution in [2.75, 3.05) is 6.26 Å². The predicted molar refractivity (Wildman–Crippen MR) is 76.8 cm³/mol. The average Bonchev–Trinajstić information content (AvgIpc) is 2.44. The number of sulfone groups is 1. The maximum absolute atomic E-state index is 13.8. The first kappa shape index (κ1) is 22.3. The molecule has 0 aliphatic carbocycles. The lowest BCUT2D eigenvalue weighted by molar-refractivity contribution is -0.245. The molecule has 1 rings (SSSR count). The van der Waals surface area contributed by atoms with E-state index < -0.39 is 46.3 Å². The summed E-state index contributed by atoms with van der Waals surface area (Å²) in [6.07, 6.45) is 1.48. The molecule has 5 nitrogen and oxygen atoms in total. The summed E-state index contributed by atoms with van der Waals surface area (Å²) < 4.78 is 133. The predicted octanol–water partition coefficient (Wildman–Crippen LogP) is 3.54. The largest absolute Gasteiger partial charge is 0.439 e. The zero-order chi connectivity index (χ0) is 20.1. The van der Waals surface area contributed by atoms with Gasteiger partial charge in [0.25, 0.3) is 9.84 Å². The summed E-state index contributed by atoms with van der Waals surface area (Å²) in [5, 5.41) is -14.4. The Morgan fingerprint density at radius 2 is 1.48 bits per heavy atom. The summed E-state index contributed by atoms with van der Waals surface area (Å²) in [5.74, 6) is -7.01. The van der Waals surface area contributed by atoms with Crippen LogP contribution in [0.3, 0.4) is 0 Å². The molecule has 0 saturated carbocycles. The van der Waals surface area contributed by atoms with E-state index in [1.54, 1.807) is 0 Å². The molecule has 144 valence electrons. The van der Waals surface area contributed by atoms with Crippen LogP contribution in [-0.4, -0.2) is 44.1 Å². The molecule has 1 aromatic rings. The molecule has 0 fully saturated rings. The second-order valence-electron chi connectivity index (χ2n) is 4.38. The van der Waals surface area contributed by atoms with E-state index in [1.807, 2.05) is 0 Å². The van der Waals surface area contributed by atoms with Crippen molar-refractivity contribution >= 4 is 43.3 Å². The van der Waals surface area contributed by atoms with Crippen LogP contribution in [0.1, 0.15) is 0 Å². The molecule has 0 aromatic heterocycles. The fourth-order valence-corrected chi connectivity index (χ4v) is 4.28. The van der Waals surface area contributed by atoms with Crippen molar-refractivity contribution in [3.8, 4) is 0 Å². The fourth-order valence-electron chi connectivity index (χ4n) is 1.46. The summed E-state index contributed by atoms with van der Waals surface area (Å²) in [6, 6.07) is 2.06. The van der Waals surface area contributed by atoms with Gasteiger partial charge in [0.2, 0.25) is 0 Å². The molecule has 15 heteroatoms. The molecule has 0 aliphatic rings. The summed E-state index contributed by atoms with van der Waals surface area (Å²) in [6.45, 7) is 0. The standard InChI is InChI=1S/C10H7ClF6O5S3/c1-23-5-2-3-7(6(11)4-5)24(18,19)9(14,15)8(12,13)10(16,17)25(20,21)22/h2-4H,1H3,(H,20,21,22). The lowest BCUT2D eigenvalue weighted by Gasteiger charge is -2.30. The molecule has 0 heterocycles. The number of hydrogen-bond donors (Lipinski definition) is 1. The highest BCUT2D eigenvalue weighted by Crippen LogP contribution is 2.52. The number of thioether (sulfide) groups is 1. The second-order valence-corrected chi connectivity index (χ2v) is 9.09. The Bertz CT molecular complexity index is 884. The van der Waals surface area contributed by atoms with Gasteiger partial charge in [0.15, 0.2) is 0 Å². The van der Waals surface area contributed by atoms with Crippen LogP contribution in [0.25, 0.3) is 0 Å². The minimum absolute atomic E-state index is 0.238. The zero-order valence-electron chi connectivity index (χ0n) is 11.7. The van der Waals surface area contributed by atoms with E-state index in [4.69, 9.17) is 16.2 Å². The van der Waals surface area contributed by atoms with Crippen LogP contribution in [-0.2, 0) is 20.0 Å². The third kappa shape index (κ3) is 3.34. The molecule has 0 unspecified atom stereocenters. The Morgan fingerprint density at radius 3 is 1.84 bits per heavy atom. The number of hydrogen-bond acceptors (Lipinski definition) is 5. The van der Waals surface area contributed by atoms with Crippen molar-refractivity contribution in [1.82, 2.24) is 0 Å². The van der Waals surface area contributed by atoms with Gasteiger partial charge >= 0.3 is 26.5 Å². The van der Waals surface area contributed by atoms with E-state index in [-0.39, 0.29) is 4.90 Å². The summed E-state index contributed by atoms with van der Waals surface area (Å²) in [7, 11) is -13.6. The Hall–Kier alpha value is -0.700. The molecule has 0 aliphatic heterocycles. The van der Waals surface area contributed by atoms with Crippen molar-refractivity contribution in [2.45, 2.75) is 26.2 Å². The van der Waals surface area contributed by atoms with Crippen LogP contribution >= 0.6 is 23.4 Å². The molecule has 0 saturated heterocycles. The molecular weight excluding hydrogens is 446 g/mol. The Kier molecular flexibility index (Phi) is 5.79. The van der Waals surface area contributed by atoms with Gasteiger partial charge in [0, 0.05) is 4.90 Å². The van der Waals surface area contributed by atoms with E-state index in [2.05, 4.69) is 0 Å². The lowest BCUT2D eigenvalue weighted by Crippen LogP contribution is -2.60. The number of halogens is 7. The molecule has 0 atom stereocenters. The van der Waals surface area contributed by atoms with Crippen LogP contribution in [0.2, 0.25) is 5.02 Å². The monoisotopic (exact) mass is 452 g/mol. The van der Waals surface area contributed by atoms with Gasteiger partial charge in [-0.15, -0.1) is 11.8 Å². The van der Waals surface area contributed by atoms with E-state index in [9.17, 15) is 43.2 Å². The molecule has 1 aromatic carbocycles. The highest BCUT2D eigenvalue weighted by atomic mass is 35.5. The minimum Gasteiger partial charge on any atom is -0.281 e. The zero-order valence-corrected chi connectivity index (χ0v) is 14.9. The lowest BCUT2D eigenvalue weighted by atomic mass is 10.3. The minimum atomic E-state index is -7.07. The Morgan fingerprint density at radius 1 is 1.00 bits per heavy atom. The molecule has 25 heavy (non-hydrogen) atoms. The van der Waals surface area contributed by atoms with Gasteiger partial charge in [-0.05, 0) is 24.5 Å². The van der Waals surface area contributed by atoms with Crippen molar-refractivity contribution in [3.05, 3.63) is 23.2 Å². The van der Waals surface area contributed by atoms with E-state index in [1.165, 1.54) is 6.26 Å². The van der Waals surface area contributed by atoms with Crippen molar-refractivity contribution < 1.29 is 47.7 Å². The average molecular weight is 453 g/mol. The number of benzene rings is 1. The van der Waals surface area contributed by atoms with Gasteiger partial charge < -0.3 is 0 Å². The number of rotatable bonds is 6. The quantitative estimate of drug-likeness (QED) is 0.403. The first-order valence-corrected chi connectivity index (χ1v) is 10.2. The second kappa shape index (κ2) is 6.48. The summed E-state index contributed by atoms with van der Waals surface area (Å²) in [4.78, 5) is -1.38. The summed E-state index contributed by atoms with van der Waals surface area (Å²) in [5.41, 5.74) is 0. The topological polar surface area (TPSA) is 88.5 Å². The van der Waals surface area contributed by atoms with Crippen LogP contribution in [0.5, 0.6) is 0 Å². The van der Waals surface area contributed by atoms with Crippen LogP contribution in [0.15, 0.2) is 28.0 Å². The van der Waals surface area contributed by atoms with E-state index in [0.29, 0.717) is 6.07 Å². The molecule has 0 amide bonds. The van der Waals surface area contributed by atoms with Gasteiger partial charge in [0.1, 0.15) is 0 Å². The van der Waals surface area contributed by atoms with Gasteiger partial charge in [-0.25, -0.2) is 8.42 Å². The van der Waals surface area contributed by atoms with Gasteiger partial charge in [0.05, 0.1) is 9.92 Å². The van der Waals surface area contributed by atoms with Gasteiger partial charge in [-0.2, -0.15) is 34.8 Å². The third-order valence-corrected chi connectivity index (χ3v) is 6.74. The first-order valence-electron chi connectivity index (χ1n) is 5.63. The van der Waals surface area contributed by atoms with Gasteiger partial charge in [-0.1, -0.05) is 11.6 Å². The van der Waals surface area contributed by atoms with Crippen LogP contribution in [0.4, 0.5) is 26.3 Å². The molecule has 0 bridgehead atoms. The van der Waals surface area contributed by atoms with Crippen molar-refractivity contribution in [3.63, 3.8) is 0 Å². The maximum atomic E-state index is 13.8. The number of alkyl halides is 6. The molecule has 1 N–H and O–H groups in total. The third-order valence-electron chi connectivity index (χ3n) is 2.82. The normalized spacial score (nSPS) is 14.6. The molecule has 0 spiro atoms. The smallest absolute Gasteiger partial charge is 0.281 e. The van der Waals surface area contributed by atoms with E-state index in [0.717, 1.165) is 23.9 Å². The molecule has 0 radical (unpaired) electrons. The van der Waals surface area contributed by atoms with Crippen LogP contribution in [0, 0.1) is 0 Å². The highest BCUT2D eigenvalue weighted by Gasteiger charge is 2.82. The highest BCUT2D eigenvalue weighted by molar-refractivity contribution is 7.98. The van der Waals surface area contributed by atoms with Crippen LogP contribution < -0.4 is 0 Å². The van der Waals surface area contributed by atoms with Gasteiger partial charge in [-0.3, -0.25) is 4.55 Å². The summed E-state index contributed by atoms with van der Waals surface area (Å²) >= 11 is 6.40.